The maximum atomic E-state index is 9.59. The van der Waals surface area contributed by atoms with Gasteiger partial charge in [0.15, 0.2) is 0 Å². The smallest absolute Gasteiger partial charge is 0.790 e. The van der Waals surface area contributed by atoms with E-state index in [2.05, 4.69) is 43.3 Å². The van der Waals surface area contributed by atoms with Crippen LogP contribution in [0, 0.1) is 0 Å². The molecule has 31 heavy (non-hydrogen) atoms. The van der Waals surface area contributed by atoms with Gasteiger partial charge in [-0.3, -0.25) is 0 Å². The van der Waals surface area contributed by atoms with E-state index < -0.39 is 23.5 Å². The van der Waals surface area contributed by atoms with Crippen molar-refractivity contribution in [3.8, 4) is 0 Å². The van der Waals surface area contributed by atoms with Gasteiger partial charge in [0.2, 0.25) is 0 Å². The summed E-state index contributed by atoms with van der Waals surface area (Å²) in [5.41, 5.74) is 0. The first-order valence-electron chi connectivity index (χ1n) is 6.93. The number of H-pyrrole nitrogens is 1. The van der Waals surface area contributed by atoms with E-state index in [4.69, 9.17) is 0 Å². The van der Waals surface area contributed by atoms with Crippen molar-refractivity contribution in [3.63, 3.8) is 0 Å². The van der Waals surface area contributed by atoms with E-state index in [-0.39, 0.29) is 58.8 Å². The number of aromatic amines is 1. The largest absolute Gasteiger partial charge is 3.00 e. The number of imidazole rings is 1. The van der Waals surface area contributed by atoms with E-state index in [1.54, 1.807) is 18.7 Å². The van der Waals surface area contributed by atoms with E-state index in [1.807, 2.05) is 0 Å². The average Bonchev–Trinajstić information content (AvgIpc) is 3.15. The van der Waals surface area contributed by atoms with E-state index in [1.165, 1.54) is 18.2 Å². The molecule has 0 aliphatic carbocycles. The van der Waals surface area contributed by atoms with Gasteiger partial charge >= 0.3 is 39.0 Å². The first-order valence-corrected chi connectivity index (χ1v) is 11.3. The molecule has 0 bridgehead atoms. The molecular weight excluding hydrogens is 663 g/mol. The van der Waals surface area contributed by atoms with Crippen molar-refractivity contribution in [2.75, 3.05) is 19.8 Å². The maximum absolute atomic E-state index is 9.59. The van der Waals surface area contributed by atoms with Gasteiger partial charge in [-0.25, -0.2) is 4.98 Å². The topological polar surface area (TPSA) is 246 Å². The molecule has 1 aromatic rings. The number of phosphoric acid groups is 3. The maximum Gasteiger partial charge on any atom is 3.00 e. The van der Waals surface area contributed by atoms with Crippen molar-refractivity contribution < 1.29 is 95.6 Å². The fraction of sp³-hybridized carbons (Fsp3) is 0.250. The molecule has 1 N–H and O–H groups in total. The third kappa shape index (κ3) is 58.8. The SMILES string of the molecule is C=CCOP(=O)([O-])[O-].C=CCOP(=O)([O-])[O-].C=CCOP(=O)([O-])[O-].[Rh+3].[Rh+3].c1c[nH]cn1. The minimum Gasteiger partial charge on any atom is -0.790 e. The molecule has 1 rings (SSSR count). The molecule has 0 atom stereocenters. The molecule has 182 valence electrons. The summed E-state index contributed by atoms with van der Waals surface area (Å²) in [6, 6.07) is 0. The molecule has 0 aromatic carbocycles. The summed E-state index contributed by atoms with van der Waals surface area (Å²) in [5, 5.41) is 0. The van der Waals surface area contributed by atoms with E-state index in [0.717, 1.165) is 0 Å². The molecule has 0 aliphatic heterocycles. The van der Waals surface area contributed by atoms with Crippen LogP contribution in [0.3, 0.4) is 0 Å². The van der Waals surface area contributed by atoms with Crippen LogP contribution < -0.4 is 29.4 Å². The Labute approximate surface area is 205 Å². The first kappa shape index (κ1) is 41.3. The van der Waals surface area contributed by atoms with Gasteiger partial charge in [-0.2, -0.15) is 0 Å². The van der Waals surface area contributed by atoms with Gasteiger partial charge in [-0.1, -0.05) is 18.2 Å². The first-order chi connectivity index (χ1) is 13.2. The summed E-state index contributed by atoms with van der Waals surface area (Å²) < 4.78 is 39.9. The van der Waals surface area contributed by atoms with Crippen molar-refractivity contribution in [2.24, 2.45) is 0 Å². The third-order valence-electron chi connectivity index (χ3n) is 1.46. The van der Waals surface area contributed by atoms with Gasteiger partial charge in [0.25, 0.3) is 0 Å². The number of phosphoric ester groups is 3. The van der Waals surface area contributed by atoms with Crippen molar-refractivity contribution in [1.82, 2.24) is 9.97 Å². The molecule has 0 aliphatic rings. The van der Waals surface area contributed by atoms with Crippen molar-refractivity contribution >= 4 is 23.5 Å². The van der Waals surface area contributed by atoms with Crippen LogP contribution in [0.25, 0.3) is 0 Å². The molecule has 14 nitrogen and oxygen atoms in total. The zero-order valence-corrected chi connectivity index (χ0v) is 21.5. The summed E-state index contributed by atoms with van der Waals surface area (Å²) in [7, 11) is -14.3. The normalized spacial score (nSPS) is 10.0. The Morgan fingerprint density at radius 2 is 1.03 bits per heavy atom. The van der Waals surface area contributed by atoms with Gasteiger partial charge < -0.3 is 61.6 Å². The van der Waals surface area contributed by atoms with Crippen LogP contribution in [-0.4, -0.2) is 29.8 Å². The molecular formula is C12H19N2O12P3Rh2. The standard InChI is InChI=1S/C3H4N2.3C3H7O4P.2Rh/c1-2-5-3-4-1;3*1-2-3-7-8(4,5)6;;/h1-3H,(H,4,5);3*2H,1,3H2,(H2,4,5,6);;/q;;;;2*+3/p-6. The summed E-state index contributed by atoms with van der Waals surface area (Å²) >= 11 is 0. The second kappa shape index (κ2) is 24.6. The zero-order chi connectivity index (χ0) is 23.4. The Hall–Kier alpha value is 0.00675. The number of aromatic nitrogens is 2. The predicted octanol–water partition coefficient (Wildman–Crippen LogP) is -2.54. The number of nitrogens with one attached hydrogen (secondary N) is 1. The van der Waals surface area contributed by atoms with Gasteiger partial charge in [0, 0.05) is 12.4 Å². The number of nitrogens with zero attached hydrogens (tertiary/aromatic N) is 1. The van der Waals surface area contributed by atoms with Gasteiger partial charge in [0.05, 0.1) is 49.6 Å². The van der Waals surface area contributed by atoms with Gasteiger partial charge in [-0.15, -0.1) is 19.7 Å². The van der Waals surface area contributed by atoms with Crippen LogP contribution in [-0.2, 0) is 66.2 Å². The molecule has 0 spiro atoms. The molecule has 19 heteroatoms. The zero-order valence-electron chi connectivity index (χ0n) is 15.6. The molecule has 0 fully saturated rings. The molecule has 0 unspecified atom stereocenters. The second-order valence-corrected chi connectivity index (χ2v) is 7.31. The summed E-state index contributed by atoms with van der Waals surface area (Å²) in [5.74, 6) is 0. The molecule has 0 saturated carbocycles. The average molecular weight is 682 g/mol. The number of rotatable bonds is 9. The third-order valence-corrected chi connectivity index (χ3v) is 2.85. The monoisotopic (exact) mass is 682 g/mol. The van der Waals surface area contributed by atoms with Crippen LogP contribution in [0.1, 0.15) is 0 Å². The summed E-state index contributed by atoms with van der Waals surface area (Å²) in [4.78, 5) is 64.0. The molecule has 0 saturated heterocycles. The van der Waals surface area contributed by atoms with E-state index in [9.17, 15) is 43.1 Å². The Morgan fingerprint density at radius 1 is 0.742 bits per heavy atom. The minimum absolute atomic E-state index is 0. The van der Waals surface area contributed by atoms with Crippen LogP contribution in [0.5, 0.6) is 0 Å². The van der Waals surface area contributed by atoms with E-state index in [0.29, 0.717) is 0 Å². The molecule has 1 aromatic heterocycles. The van der Waals surface area contributed by atoms with Gasteiger partial charge in [0.1, 0.15) is 0 Å². The Kier molecular flexibility index (Phi) is 32.8. The number of hydrogen-bond acceptors (Lipinski definition) is 13. The molecule has 1 heterocycles. The van der Waals surface area contributed by atoms with E-state index >= 15 is 0 Å². The Bertz CT molecular complexity index is 586. The van der Waals surface area contributed by atoms with Crippen LogP contribution in [0.4, 0.5) is 0 Å². The summed E-state index contributed by atoms with van der Waals surface area (Å²) in [6.45, 7) is 8.68. The van der Waals surface area contributed by atoms with Crippen LogP contribution >= 0.6 is 23.5 Å². The minimum atomic E-state index is -4.75. The fourth-order valence-corrected chi connectivity index (χ4v) is 1.51. The fourth-order valence-electron chi connectivity index (χ4n) is 0.647. The van der Waals surface area contributed by atoms with Crippen molar-refractivity contribution in [2.45, 2.75) is 0 Å². The van der Waals surface area contributed by atoms with Crippen molar-refractivity contribution in [3.05, 3.63) is 56.7 Å². The Morgan fingerprint density at radius 3 is 1.10 bits per heavy atom. The Balaban J connectivity index is -0.0000000958. The quantitative estimate of drug-likeness (QED) is 0.160. The van der Waals surface area contributed by atoms with Crippen molar-refractivity contribution in [1.29, 1.82) is 0 Å². The summed E-state index contributed by atoms with van der Waals surface area (Å²) in [6.07, 6.45) is 8.63. The van der Waals surface area contributed by atoms with Gasteiger partial charge in [-0.05, 0) is 0 Å². The van der Waals surface area contributed by atoms with Crippen LogP contribution in [0.2, 0.25) is 0 Å². The second-order valence-electron chi connectivity index (χ2n) is 3.86. The molecule has 0 amide bonds. The number of hydrogen-bond donors (Lipinski definition) is 1. The molecule has 0 radical (unpaired) electrons. The predicted molar refractivity (Wildman–Crippen MR) is 89.9 cm³/mol. The van der Waals surface area contributed by atoms with Crippen LogP contribution in [0.15, 0.2) is 56.7 Å².